The van der Waals surface area contributed by atoms with E-state index in [-0.39, 0.29) is 5.56 Å². The van der Waals surface area contributed by atoms with Crippen LogP contribution in [0.15, 0.2) is 64.0 Å². The van der Waals surface area contributed by atoms with Crippen LogP contribution >= 0.6 is 0 Å². The maximum atomic E-state index is 13.7. The molecule has 1 atom stereocenters. The van der Waals surface area contributed by atoms with Gasteiger partial charge < -0.3 is 14.3 Å². The first-order chi connectivity index (χ1) is 18.9. The third kappa shape index (κ3) is 4.74. The van der Waals surface area contributed by atoms with E-state index < -0.39 is 6.04 Å². The molecule has 2 aromatic carbocycles. The molecule has 200 valence electrons. The predicted octanol–water partition coefficient (Wildman–Crippen LogP) is 4.30. The molecule has 0 aliphatic carbocycles. The SMILES string of the molecule is Cc1ccc(C)c(N2CCN([C@@H](c3cc4c(C)ccc(C)c4[nH]c3=O)c3nnnn3Cc3ccco3)CC2)c1. The number of aromatic nitrogens is 5. The van der Waals surface area contributed by atoms with Crippen molar-refractivity contribution in [2.45, 2.75) is 40.3 Å². The van der Waals surface area contributed by atoms with Crippen molar-refractivity contribution < 1.29 is 4.42 Å². The lowest BCUT2D eigenvalue weighted by Crippen LogP contribution is -2.49. The second-order valence-electron chi connectivity index (χ2n) is 10.5. The number of aryl methyl sites for hydroxylation is 4. The zero-order chi connectivity index (χ0) is 27.1. The van der Waals surface area contributed by atoms with E-state index in [1.807, 2.05) is 31.2 Å². The number of aromatic amines is 1. The Morgan fingerprint density at radius 1 is 0.949 bits per heavy atom. The summed E-state index contributed by atoms with van der Waals surface area (Å²) in [6.45, 7) is 12.0. The first-order valence-corrected chi connectivity index (χ1v) is 13.4. The van der Waals surface area contributed by atoms with Gasteiger partial charge in [0.05, 0.1) is 11.8 Å². The van der Waals surface area contributed by atoms with Crippen LogP contribution in [0.2, 0.25) is 0 Å². The molecule has 1 aliphatic rings. The second-order valence-corrected chi connectivity index (χ2v) is 10.5. The number of hydrogen-bond donors (Lipinski definition) is 1. The van der Waals surface area contributed by atoms with E-state index in [4.69, 9.17) is 4.42 Å². The largest absolute Gasteiger partial charge is 0.467 e. The molecule has 6 rings (SSSR count). The summed E-state index contributed by atoms with van der Waals surface area (Å²) >= 11 is 0. The summed E-state index contributed by atoms with van der Waals surface area (Å²) in [5.41, 5.74) is 7.34. The van der Waals surface area contributed by atoms with Crippen molar-refractivity contribution in [2.24, 2.45) is 0 Å². The molecule has 1 aliphatic heterocycles. The summed E-state index contributed by atoms with van der Waals surface area (Å²) in [5, 5.41) is 13.8. The zero-order valence-corrected chi connectivity index (χ0v) is 22.8. The summed E-state index contributed by atoms with van der Waals surface area (Å²) in [5.74, 6) is 1.38. The maximum absolute atomic E-state index is 13.7. The number of tetrazole rings is 1. The van der Waals surface area contributed by atoms with Gasteiger partial charge in [0, 0.05) is 42.8 Å². The zero-order valence-electron chi connectivity index (χ0n) is 22.8. The number of H-pyrrole nitrogens is 1. The van der Waals surface area contributed by atoms with Gasteiger partial charge in [0.2, 0.25) is 0 Å². The minimum atomic E-state index is -0.413. The Bertz CT molecular complexity index is 1680. The summed E-state index contributed by atoms with van der Waals surface area (Å²) in [6, 6.07) is 16.1. The van der Waals surface area contributed by atoms with Crippen LogP contribution in [0.3, 0.4) is 0 Å². The molecular formula is C30H33N7O2. The standard InChI is InChI=1S/C30H33N7O2/c1-19-7-8-21(3)26(16-19)35-11-13-36(14-12-35)28(29-32-33-34-37(29)18-23-6-5-15-39-23)25-17-24-20(2)9-10-22(4)27(24)31-30(25)38/h5-10,15-17,28H,11-14,18H2,1-4H3,(H,31,38)/t28-/m0/s1. The normalized spacial score (nSPS) is 15.2. The van der Waals surface area contributed by atoms with Gasteiger partial charge in [0.1, 0.15) is 18.3 Å². The van der Waals surface area contributed by atoms with Gasteiger partial charge in [-0.25, -0.2) is 4.68 Å². The minimum Gasteiger partial charge on any atom is -0.467 e. The molecule has 0 amide bonds. The molecule has 0 saturated carbocycles. The number of rotatable bonds is 6. The van der Waals surface area contributed by atoms with E-state index in [0.717, 1.165) is 54.0 Å². The van der Waals surface area contributed by atoms with E-state index in [9.17, 15) is 4.79 Å². The van der Waals surface area contributed by atoms with Crippen LogP contribution < -0.4 is 10.5 Å². The molecule has 0 bridgehead atoms. The molecule has 1 fully saturated rings. The Labute approximate surface area is 227 Å². The molecule has 9 nitrogen and oxygen atoms in total. The maximum Gasteiger partial charge on any atom is 0.253 e. The third-order valence-corrected chi connectivity index (χ3v) is 7.84. The fourth-order valence-electron chi connectivity index (χ4n) is 5.64. The lowest BCUT2D eigenvalue weighted by molar-refractivity contribution is 0.200. The van der Waals surface area contributed by atoms with Crippen molar-refractivity contribution in [3.63, 3.8) is 0 Å². The Morgan fingerprint density at radius 2 is 1.72 bits per heavy atom. The topological polar surface area (TPSA) is 96.1 Å². The van der Waals surface area contributed by atoms with Crippen LogP contribution in [-0.2, 0) is 6.54 Å². The van der Waals surface area contributed by atoms with Crippen LogP contribution in [0.1, 0.15) is 45.4 Å². The number of piperazine rings is 1. The van der Waals surface area contributed by atoms with Crippen molar-refractivity contribution in [1.29, 1.82) is 0 Å². The number of pyridine rings is 1. The molecule has 0 radical (unpaired) electrons. The Morgan fingerprint density at radius 3 is 2.49 bits per heavy atom. The molecule has 1 N–H and O–H groups in total. The molecule has 39 heavy (non-hydrogen) atoms. The number of anilines is 1. The van der Waals surface area contributed by atoms with Gasteiger partial charge in [-0.3, -0.25) is 9.69 Å². The minimum absolute atomic E-state index is 0.120. The van der Waals surface area contributed by atoms with E-state index in [1.165, 1.54) is 16.8 Å². The highest BCUT2D eigenvalue weighted by Gasteiger charge is 2.33. The van der Waals surface area contributed by atoms with Gasteiger partial charge in [-0.1, -0.05) is 24.3 Å². The van der Waals surface area contributed by atoms with Crippen LogP contribution in [0.25, 0.3) is 10.9 Å². The summed E-state index contributed by atoms with van der Waals surface area (Å²) < 4.78 is 7.33. The van der Waals surface area contributed by atoms with Gasteiger partial charge in [-0.2, -0.15) is 0 Å². The predicted molar refractivity (Wildman–Crippen MR) is 151 cm³/mol. The molecule has 1 saturated heterocycles. The van der Waals surface area contributed by atoms with Gasteiger partial charge in [-0.05, 0) is 84.6 Å². The van der Waals surface area contributed by atoms with Crippen LogP contribution in [0, 0.1) is 27.7 Å². The Hall–Kier alpha value is -4.24. The quantitative estimate of drug-likeness (QED) is 0.354. The number of fused-ring (bicyclic) bond motifs is 1. The van der Waals surface area contributed by atoms with Crippen molar-refractivity contribution in [2.75, 3.05) is 31.1 Å². The van der Waals surface area contributed by atoms with E-state index in [1.54, 1.807) is 10.9 Å². The lowest BCUT2D eigenvalue weighted by atomic mass is 9.99. The Kier molecular flexibility index (Phi) is 6.52. The smallest absolute Gasteiger partial charge is 0.253 e. The third-order valence-electron chi connectivity index (χ3n) is 7.84. The summed E-state index contributed by atoms with van der Waals surface area (Å²) in [7, 11) is 0. The molecule has 4 heterocycles. The fraction of sp³-hybridized carbons (Fsp3) is 0.333. The van der Waals surface area contributed by atoms with Gasteiger partial charge >= 0.3 is 0 Å². The highest BCUT2D eigenvalue weighted by Crippen LogP contribution is 2.31. The van der Waals surface area contributed by atoms with Gasteiger partial charge in [0.15, 0.2) is 5.82 Å². The van der Waals surface area contributed by atoms with E-state index in [2.05, 4.69) is 75.3 Å². The van der Waals surface area contributed by atoms with Crippen LogP contribution in [0.5, 0.6) is 0 Å². The fourth-order valence-corrected chi connectivity index (χ4v) is 5.64. The monoisotopic (exact) mass is 523 g/mol. The van der Waals surface area contributed by atoms with Crippen molar-refractivity contribution >= 4 is 16.6 Å². The van der Waals surface area contributed by atoms with Gasteiger partial charge in [-0.15, -0.1) is 5.10 Å². The van der Waals surface area contributed by atoms with Crippen LogP contribution in [-0.4, -0.2) is 56.3 Å². The number of furan rings is 1. The average Bonchev–Trinajstić information content (AvgIpc) is 3.62. The van der Waals surface area contributed by atoms with E-state index >= 15 is 0 Å². The van der Waals surface area contributed by atoms with Crippen LogP contribution in [0.4, 0.5) is 5.69 Å². The molecule has 0 unspecified atom stereocenters. The number of benzene rings is 2. The molecule has 0 spiro atoms. The number of nitrogens with one attached hydrogen (secondary N) is 1. The average molecular weight is 524 g/mol. The molecule has 3 aromatic heterocycles. The highest BCUT2D eigenvalue weighted by atomic mass is 16.3. The van der Waals surface area contributed by atoms with Gasteiger partial charge in [0.25, 0.3) is 5.56 Å². The summed E-state index contributed by atoms with van der Waals surface area (Å²) in [6.07, 6.45) is 1.64. The van der Waals surface area contributed by atoms with Crippen molar-refractivity contribution in [1.82, 2.24) is 30.1 Å². The second kappa shape index (κ2) is 10.1. The molecule has 9 heteroatoms. The number of nitrogens with zero attached hydrogens (tertiary/aromatic N) is 6. The van der Waals surface area contributed by atoms with Crippen molar-refractivity contribution in [3.05, 3.63) is 105 Å². The first-order valence-electron chi connectivity index (χ1n) is 13.4. The molecular weight excluding hydrogens is 490 g/mol. The molecule has 5 aromatic rings. The number of hydrogen-bond acceptors (Lipinski definition) is 7. The lowest BCUT2D eigenvalue weighted by Gasteiger charge is -2.40. The highest BCUT2D eigenvalue weighted by molar-refractivity contribution is 5.85. The van der Waals surface area contributed by atoms with E-state index in [0.29, 0.717) is 17.9 Å². The summed E-state index contributed by atoms with van der Waals surface area (Å²) in [4.78, 5) is 21.6. The Balaban J connectivity index is 1.41. The first kappa shape index (κ1) is 25.1. The van der Waals surface area contributed by atoms with Crippen molar-refractivity contribution in [3.8, 4) is 0 Å².